The number of nitrogens with two attached hydrogens (primary N) is 1. The molecule has 4 atom stereocenters. The molecule has 3 aliphatic rings. The molecule has 4 unspecified atom stereocenters. The largest absolute Gasteiger partial charge is 0.493 e. The lowest BCUT2D eigenvalue weighted by atomic mass is 9.92. The van der Waals surface area contributed by atoms with Crippen LogP contribution in [0.4, 0.5) is 5.69 Å². The first-order valence-corrected chi connectivity index (χ1v) is 9.83. The zero-order chi connectivity index (χ0) is 19.0. The molecule has 6 nitrogen and oxygen atoms in total. The third kappa shape index (κ3) is 3.58. The van der Waals surface area contributed by atoms with Crippen molar-refractivity contribution in [3.63, 3.8) is 0 Å². The highest BCUT2D eigenvalue weighted by Gasteiger charge is 2.39. The molecule has 2 heterocycles. The van der Waals surface area contributed by atoms with E-state index in [4.69, 9.17) is 15.9 Å². The van der Waals surface area contributed by atoms with Crippen molar-refractivity contribution in [3.8, 4) is 0 Å². The van der Waals surface area contributed by atoms with Gasteiger partial charge in [-0.3, -0.25) is 10.2 Å². The van der Waals surface area contributed by atoms with Crippen molar-refractivity contribution < 1.29 is 9.53 Å². The Labute approximate surface area is 160 Å². The third-order valence-electron chi connectivity index (χ3n) is 6.28. The number of ether oxygens (including phenoxy) is 1. The molecule has 27 heavy (non-hydrogen) atoms. The van der Waals surface area contributed by atoms with Gasteiger partial charge in [0.1, 0.15) is 11.8 Å². The SMILES string of the molecule is CN1CCCC2CC(NC(=O)C(=N)c3cc(C4CC=CO4)ccc3N)CC21. The Balaban J connectivity index is 1.43. The number of nitrogen functional groups attached to an aromatic ring is 1. The molecule has 1 aliphatic carbocycles. The number of hydrogen-bond acceptors (Lipinski definition) is 5. The zero-order valence-corrected chi connectivity index (χ0v) is 15.8. The first kappa shape index (κ1) is 18.0. The minimum Gasteiger partial charge on any atom is -0.493 e. The highest BCUT2D eigenvalue weighted by molar-refractivity contribution is 6.45. The number of anilines is 1. The summed E-state index contributed by atoms with van der Waals surface area (Å²) in [6, 6.07) is 6.17. The second-order valence-corrected chi connectivity index (χ2v) is 8.05. The van der Waals surface area contributed by atoms with Gasteiger partial charge in [-0.25, -0.2) is 0 Å². The van der Waals surface area contributed by atoms with Crippen molar-refractivity contribution in [3.05, 3.63) is 41.7 Å². The van der Waals surface area contributed by atoms with E-state index in [2.05, 4.69) is 17.3 Å². The molecule has 1 saturated heterocycles. The van der Waals surface area contributed by atoms with E-state index in [1.165, 1.54) is 12.8 Å². The average Bonchev–Trinajstić information content (AvgIpc) is 3.32. The van der Waals surface area contributed by atoms with Gasteiger partial charge in [0, 0.05) is 29.8 Å². The van der Waals surface area contributed by atoms with Gasteiger partial charge in [0.25, 0.3) is 5.91 Å². The molecule has 2 aliphatic heterocycles. The summed E-state index contributed by atoms with van der Waals surface area (Å²) in [5.41, 5.74) is 7.87. The number of fused-ring (bicyclic) bond motifs is 1. The number of benzene rings is 1. The van der Waals surface area contributed by atoms with E-state index in [9.17, 15) is 4.79 Å². The van der Waals surface area contributed by atoms with Gasteiger partial charge in [-0.05, 0) is 69.0 Å². The number of carbonyl (C=O) groups is 1. The Kier molecular flexibility index (Phi) is 4.91. The first-order valence-electron chi connectivity index (χ1n) is 9.83. The maximum Gasteiger partial charge on any atom is 0.270 e. The maximum atomic E-state index is 12.7. The van der Waals surface area contributed by atoms with Crippen molar-refractivity contribution in [2.24, 2.45) is 5.92 Å². The molecule has 1 amide bonds. The van der Waals surface area contributed by atoms with Crippen LogP contribution in [0.15, 0.2) is 30.5 Å². The van der Waals surface area contributed by atoms with E-state index in [1.807, 2.05) is 18.2 Å². The summed E-state index contributed by atoms with van der Waals surface area (Å²) in [5.74, 6) is 0.319. The first-order chi connectivity index (χ1) is 13.0. The number of amides is 1. The fourth-order valence-corrected chi connectivity index (χ4v) is 4.81. The van der Waals surface area contributed by atoms with Gasteiger partial charge < -0.3 is 20.7 Å². The van der Waals surface area contributed by atoms with Gasteiger partial charge in [-0.2, -0.15) is 0 Å². The number of hydrogen-bond donors (Lipinski definition) is 3. The second-order valence-electron chi connectivity index (χ2n) is 8.05. The van der Waals surface area contributed by atoms with Gasteiger partial charge in [0.15, 0.2) is 0 Å². The summed E-state index contributed by atoms with van der Waals surface area (Å²) < 4.78 is 5.55. The fourth-order valence-electron chi connectivity index (χ4n) is 4.81. The molecule has 4 N–H and O–H groups in total. The van der Waals surface area contributed by atoms with Gasteiger partial charge in [0.05, 0.1) is 6.26 Å². The van der Waals surface area contributed by atoms with Crippen LogP contribution in [0, 0.1) is 11.3 Å². The van der Waals surface area contributed by atoms with E-state index in [0.29, 0.717) is 23.2 Å². The molecule has 0 radical (unpaired) electrons. The monoisotopic (exact) mass is 368 g/mol. The van der Waals surface area contributed by atoms with Crippen LogP contribution in [-0.4, -0.2) is 42.2 Å². The summed E-state index contributed by atoms with van der Waals surface area (Å²) in [6.07, 6.45) is 8.83. The number of nitrogens with zero attached hydrogens (tertiary/aromatic N) is 1. The van der Waals surface area contributed by atoms with Crippen LogP contribution in [0.1, 0.15) is 49.3 Å². The fraction of sp³-hybridized carbons (Fsp3) is 0.524. The smallest absolute Gasteiger partial charge is 0.270 e. The predicted octanol–water partition coefficient (Wildman–Crippen LogP) is 2.60. The van der Waals surface area contributed by atoms with Gasteiger partial charge >= 0.3 is 0 Å². The van der Waals surface area contributed by atoms with E-state index in [1.54, 1.807) is 12.3 Å². The molecule has 6 heteroatoms. The Morgan fingerprint density at radius 1 is 1.37 bits per heavy atom. The van der Waals surface area contributed by atoms with Crippen LogP contribution in [0.25, 0.3) is 0 Å². The molecule has 0 spiro atoms. The second kappa shape index (κ2) is 7.35. The number of piperidine rings is 1. The van der Waals surface area contributed by atoms with Crippen molar-refractivity contribution in [2.75, 3.05) is 19.3 Å². The highest BCUT2D eigenvalue weighted by Crippen LogP contribution is 2.36. The molecule has 4 rings (SSSR count). The van der Waals surface area contributed by atoms with E-state index in [-0.39, 0.29) is 23.8 Å². The Hall–Kier alpha value is -2.34. The summed E-state index contributed by atoms with van der Waals surface area (Å²) in [7, 11) is 2.18. The molecule has 1 aromatic rings. The number of likely N-dealkylation sites (tertiary alicyclic amines) is 1. The number of rotatable bonds is 4. The van der Waals surface area contributed by atoms with E-state index >= 15 is 0 Å². The standard InChI is InChI=1S/C21H28N4O2/c1-25-8-2-4-13-10-15(12-18(13)25)24-21(26)20(23)16-11-14(6-7-17(16)22)19-5-3-9-27-19/h3,6-7,9,11,13,15,18-19,23H,2,4-5,8,10,12,22H2,1H3,(H,24,26). The van der Waals surface area contributed by atoms with E-state index in [0.717, 1.165) is 31.4 Å². The molecular weight excluding hydrogens is 340 g/mol. The molecule has 1 aromatic carbocycles. The normalized spacial score (nSPS) is 30.0. The molecule has 2 fully saturated rings. The minimum absolute atomic E-state index is 0.0614. The third-order valence-corrected chi connectivity index (χ3v) is 6.28. The van der Waals surface area contributed by atoms with Crippen LogP contribution in [-0.2, 0) is 9.53 Å². The van der Waals surface area contributed by atoms with Crippen LogP contribution in [0.3, 0.4) is 0 Å². The molecule has 0 aromatic heterocycles. The minimum atomic E-state index is -0.337. The lowest BCUT2D eigenvalue weighted by molar-refractivity contribution is -0.115. The maximum absolute atomic E-state index is 12.7. The van der Waals surface area contributed by atoms with E-state index < -0.39 is 0 Å². The van der Waals surface area contributed by atoms with Gasteiger partial charge in [-0.1, -0.05) is 6.07 Å². The molecule has 144 valence electrons. The highest BCUT2D eigenvalue weighted by atomic mass is 16.5. The van der Waals surface area contributed by atoms with Crippen molar-refractivity contribution in [2.45, 2.75) is 50.3 Å². The lowest BCUT2D eigenvalue weighted by Crippen LogP contribution is -2.41. The lowest BCUT2D eigenvalue weighted by Gasteiger charge is -2.34. The van der Waals surface area contributed by atoms with Gasteiger partial charge in [0.2, 0.25) is 0 Å². The quantitative estimate of drug-likeness (QED) is 0.563. The summed E-state index contributed by atoms with van der Waals surface area (Å²) in [6.45, 7) is 1.14. The molecule has 1 saturated carbocycles. The van der Waals surface area contributed by atoms with Gasteiger partial charge in [-0.15, -0.1) is 0 Å². The van der Waals surface area contributed by atoms with Crippen LogP contribution in [0.5, 0.6) is 0 Å². The average molecular weight is 368 g/mol. The topological polar surface area (TPSA) is 91.4 Å². The summed E-state index contributed by atoms with van der Waals surface area (Å²) in [4.78, 5) is 15.1. The molecule has 0 bridgehead atoms. The summed E-state index contributed by atoms with van der Waals surface area (Å²) in [5, 5.41) is 11.5. The number of carbonyl (C=O) groups excluding carboxylic acids is 1. The summed E-state index contributed by atoms with van der Waals surface area (Å²) >= 11 is 0. The van der Waals surface area contributed by atoms with Crippen LogP contribution >= 0.6 is 0 Å². The number of nitrogens with one attached hydrogen (secondary N) is 2. The van der Waals surface area contributed by atoms with Crippen molar-refractivity contribution in [1.82, 2.24) is 10.2 Å². The Morgan fingerprint density at radius 3 is 2.96 bits per heavy atom. The Morgan fingerprint density at radius 2 is 2.22 bits per heavy atom. The van der Waals surface area contributed by atoms with Crippen molar-refractivity contribution >= 4 is 17.3 Å². The van der Waals surface area contributed by atoms with Crippen LogP contribution in [0.2, 0.25) is 0 Å². The predicted molar refractivity (Wildman–Crippen MR) is 106 cm³/mol. The molecular formula is C21H28N4O2. The van der Waals surface area contributed by atoms with Crippen molar-refractivity contribution in [1.29, 1.82) is 5.41 Å². The Bertz CT molecular complexity index is 767. The van der Waals surface area contributed by atoms with Crippen LogP contribution < -0.4 is 11.1 Å². The zero-order valence-electron chi connectivity index (χ0n) is 15.8.